The van der Waals surface area contributed by atoms with Gasteiger partial charge in [0.2, 0.25) is 10.0 Å². The fourth-order valence-corrected chi connectivity index (χ4v) is 5.31. The summed E-state index contributed by atoms with van der Waals surface area (Å²) >= 11 is 0. The number of rotatable bonds is 3. The van der Waals surface area contributed by atoms with Gasteiger partial charge in [0.05, 0.1) is 40.6 Å². The molecule has 28 heavy (non-hydrogen) atoms. The zero-order valence-corrected chi connectivity index (χ0v) is 15.6. The van der Waals surface area contributed by atoms with Gasteiger partial charge in [-0.15, -0.1) is 0 Å². The molecule has 0 amide bonds. The number of nitrogens with one attached hydrogen (secondary N) is 1. The molecule has 5 rings (SSSR count). The van der Waals surface area contributed by atoms with Crippen molar-refractivity contribution in [2.24, 2.45) is 0 Å². The van der Waals surface area contributed by atoms with E-state index in [1.165, 1.54) is 28.6 Å². The van der Waals surface area contributed by atoms with Crippen molar-refractivity contribution in [2.75, 3.05) is 13.1 Å². The normalized spacial score (nSPS) is 18.0. The van der Waals surface area contributed by atoms with Crippen LogP contribution in [-0.2, 0) is 10.0 Å². The molecule has 1 aromatic carbocycles. The predicted molar refractivity (Wildman–Crippen MR) is 103 cm³/mol. The Morgan fingerprint density at radius 2 is 2.00 bits per heavy atom. The minimum atomic E-state index is -3.60. The van der Waals surface area contributed by atoms with Crippen LogP contribution in [0.2, 0.25) is 0 Å². The van der Waals surface area contributed by atoms with Crippen molar-refractivity contribution in [3.63, 3.8) is 0 Å². The highest BCUT2D eigenvalue weighted by atomic mass is 32.2. The summed E-state index contributed by atoms with van der Waals surface area (Å²) in [4.78, 5) is 12.1. The Morgan fingerprint density at radius 3 is 2.79 bits per heavy atom. The number of sulfonamides is 1. The Kier molecular flexibility index (Phi) is 3.72. The second kappa shape index (κ2) is 6.15. The van der Waals surface area contributed by atoms with Gasteiger partial charge in [-0.3, -0.25) is 0 Å². The number of benzene rings is 1. The standard InChI is InChI=1S/C19H16N6O2S/c20-9-13-1-3-15(4-2-13)28(26,27)24-8-6-14(11-24)25-12-23-17-10-22-19-16(18(17)25)5-7-21-19/h1-5,7,10,12,14H,6,8,11H2,(H,21,22)/t14-/m1/s1. The van der Waals surface area contributed by atoms with E-state index in [0.717, 1.165) is 22.1 Å². The first-order valence-corrected chi connectivity index (χ1v) is 10.3. The Hall–Kier alpha value is -3.22. The van der Waals surface area contributed by atoms with Crippen LogP contribution in [0.15, 0.2) is 53.9 Å². The highest BCUT2D eigenvalue weighted by molar-refractivity contribution is 7.89. The molecule has 4 aromatic rings. The molecule has 9 heteroatoms. The minimum absolute atomic E-state index is 0.00124. The van der Waals surface area contributed by atoms with Crippen molar-refractivity contribution in [1.82, 2.24) is 23.8 Å². The van der Waals surface area contributed by atoms with E-state index in [4.69, 9.17) is 5.26 Å². The molecular weight excluding hydrogens is 376 g/mol. The van der Waals surface area contributed by atoms with E-state index >= 15 is 0 Å². The molecule has 0 saturated carbocycles. The van der Waals surface area contributed by atoms with Gasteiger partial charge in [-0.25, -0.2) is 18.4 Å². The quantitative estimate of drug-likeness (QED) is 0.576. The van der Waals surface area contributed by atoms with E-state index in [1.807, 2.05) is 18.3 Å². The monoisotopic (exact) mass is 392 g/mol. The van der Waals surface area contributed by atoms with Crippen molar-refractivity contribution < 1.29 is 8.42 Å². The molecule has 8 nitrogen and oxygen atoms in total. The third-order valence-electron chi connectivity index (χ3n) is 5.26. The van der Waals surface area contributed by atoms with Gasteiger partial charge in [-0.2, -0.15) is 9.57 Å². The molecule has 1 aliphatic heterocycles. The Balaban J connectivity index is 1.48. The molecule has 0 unspecified atom stereocenters. The van der Waals surface area contributed by atoms with Gasteiger partial charge in [-0.05, 0) is 36.8 Å². The SMILES string of the molecule is N#Cc1ccc(S(=O)(=O)N2CC[C@@H](n3cnc4cnc5[nH]ccc5c43)C2)cc1. The van der Waals surface area contributed by atoms with Gasteiger partial charge >= 0.3 is 0 Å². The molecule has 140 valence electrons. The lowest BCUT2D eigenvalue weighted by Gasteiger charge is -2.17. The molecule has 1 N–H and O–H groups in total. The van der Waals surface area contributed by atoms with Gasteiger partial charge in [0.25, 0.3) is 0 Å². The molecule has 1 fully saturated rings. The van der Waals surface area contributed by atoms with E-state index in [-0.39, 0.29) is 10.9 Å². The van der Waals surface area contributed by atoms with Gasteiger partial charge in [-0.1, -0.05) is 0 Å². The molecule has 1 aliphatic rings. The van der Waals surface area contributed by atoms with Gasteiger partial charge in [0, 0.05) is 24.7 Å². The van der Waals surface area contributed by atoms with Crippen LogP contribution in [0.25, 0.3) is 22.1 Å². The summed E-state index contributed by atoms with van der Waals surface area (Å²) in [5, 5.41) is 9.88. The maximum absolute atomic E-state index is 13.0. The topological polar surface area (TPSA) is 108 Å². The number of pyridine rings is 1. The van der Waals surface area contributed by atoms with Crippen LogP contribution in [0.3, 0.4) is 0 Å². The lowest BCUT2D eigenvalue weighted by atomic mass is 10.2. The molecule has 0 aliphatic carbocycles. The molecule has 4 heterocycles. The molecule has 3 aromatic heterocycles. The lowest BCUT2D eigenvalue weighted by molar-refractivity contribution is 0.455. The van der Waals surface area contributed by atoms with Crippen LogP contribution >= 0.6 is 0 Å². The molecule has 0 spiro atoms. The van der Waals surface area contributed by atoms with Crippen molar-refractivity contribution in [2.45, 2.75) is 17.4 Å². The van der Waals surface area contributed by atoms with Crippen LogP contribution in [0.5, 0.6) is 0 Å². The molecule has 0 bridgehead atoms. The Labute approximate surface area is 161 Å². The van der Waals surface area contributed by atoms with Crippen molar-refractivity contribution >= 4 is 32.1 Å². The van der Waals surface area contributed by atoms with Crippen LogP contribution < -0.4 is 0 Å². The Morgan fingerprint density at radius 1 is 1.18 bits per heavy atom. The lowest BCUT2D eigenvalue weighted by Crippen LogP contribution is -2.29. The summed E-state index contributed by atoms with van der Waals surface area (Å²) < 4.78 is 29.5. The zero-order chi connectivity index (χ0) is 19.3. The van der Waals surface area contributed by atoms with E-state index < -0.39 is 10.0 Å². The molecule has 1 atom stereocenters. The molecule has 1 saturated heterocycles. The van der Waals surface area contributed by atoms with Gasteiger partial charge in [0.1, 0.15) is 11.2 Å². The molecule has 0 radical (unpaired) electrons. The number of aromatic amines is 1. The predicted octanol–water partition coefficient (Wildman–Crippen LogP) is 2.42. The summed E-state index contributed by atoms with van der Waals surface area (Å²) in [5.41, 5.74) is 2.98. The number of nitriles is 1. The number of fused-ring (bicyclic) bond motifs is 3. The first kappa shape index (κ1) is 16.9. The zero-order valence-electron chi connectivity index (χ0n) is 14.8. The van der Waals surface area contributed by atoms with E-state index in [2.05, 4.69) is 19.5 Å². The van der Waals surface area contributed by atoms with Crippen LogP contribution in [0.4, 0.5) is 0 Å². The van der Waals surface area contributed by atoms with E-state index in [1.54, 1.807) is 12.5 Å². The summed E-state index contributed by atoms with van der Waals surface area (Å²) in [7, 11) is -3.60. The van der Waals surface area contributed by atoms with Crippen LogP contribution in [0, 0.1) is 11.3 Å². The smallest absolute Gasteiger partial charge is 0.243 e. The van der Waals surface area contributed by atoms with Crippen LogP contribution in [-0.4, -0.2) is 45.3 Å². The van der Waals surface area contributed by atoms with Crippen molar-refractivity contribution in [3.05, 3.63) is 54.6 Å². The fourth-order valence-electron chi connectivity index (χ4n) is 3.81. The van der Waals surface area contributed by atoms with Gasteiger partial charge in [0.15, 0.2) is 0 Å². The largest absolute Gasteiger partial charge is 0.346 e. The number of H-pyrrole nitrogens is 1. The molecular formula is C19H16N6O2S. The second-order valence-corrected chi connectivity index (χ2v) is 8.76. The third-order valence-corrected chi connectivity index (χ3v) is 7.14. The van der Waals surface area contributed by atoms with Gasteiger partial charge < -0.3 is 9.55 Å². The maximum atomic E-state index is 13.0. The second-order valence-electron chi connectivity index (χ2n) is 6.83. The summed E-state index contributed by atoms with van der Waals surface area (Å²) in [6, 6.07) is 10.00. The average Bonchev–Trinajstić information content (AvgIpc) is 3.45. The van der Waals surface area contributed by atoms with E-state index in [9.17, 15) is 8.42 Å². The number of hydrogen-bond donors (Lipinski definition) is 1. The van der Waals surface area contributed by atoms with E-state index in [0.29, 0.717) is 25.1 Å². The first-order valence-electron chi connectivity index (χ1n) is 8.87. The average molecular weight is 392 g/mol. The first-order chi connectivity index (χ1) is 13.6. The number of aromatic nitrogens is 4. The maximum Gasteiger partial charge on any atom is 0.243 e. The minimum Gasteiger partial charge on any atom is -0.346 e. The van der Waals surface area contributed by atoms with Crippen molar-refractivity contribution in [1.29, 1.82) is 5.26 Å². The number of nitrogens with zero attached hydrogens (tertiary/aromatic N) is 5. The van der Waals surface area contributed by atoms with Crippen molar-refractivity contribution in [3.8, 4) is 6.07 Å². The summed E-state index contributed by atoms with van der Waals surface area (Å²) in [5.74, 6) is 0. The fraction of sp³-hybridized carbons (Fsp3) is 0.211. The number of imidazole rings is 1. The summed E-state index contributed by atoms with van der Waals surface area (Å²) in [6.07, 6.45) is 6.03. The highest BCUT2D eigenvalue weighted by Crippen LogP contribution is 2.32. The Bertz CT molecular complexity index is 1330. The highest BCUT2D eigenvalue weighted by Gasteiger charge is 2.34. The van der Waals surface area contributed by atoms with Crippen LogP contribution in [0.1, 0.15) is 18.0 Å². The summed E-state index contributed by atoms with van der Waals surface area (Å²) in [6.45, 7) is 0.816. The number of hydrogen-bond acceptors (Lipinski definition) is 5. The third kappa shape index (κ3) is 2.50.